The highest BCUT2D eigenvalue weighted by molar-refractivity contribution is 6.04. The predicted molar refractivity (Wildman–Crippen MR) is 209 cm³/mol. The second-order valence-electron chi connectivity index (χ2n) is 13.4. The summed E-state index contributed by atoms with van der Waals surface area (Å²) in [7, 11) is 1.66. The average molecular weight is 759 g/mol. The van der Waals surface area contributed by atoms with Gasteiger partial charge in [-0.05, 0) is 43.2 Å². The summed E-state index contributed by atoms with van der Waals surface area (Å²) in [6, 6.07) is 7.94. The first-order valence-corrected chi connectivity index (χ1v) is 19.0. The Balaban J connectivity index is 1.01. The van der Waals surface area contributed by atoms with Gasteiger partial charge in [0.25, 0.3) is 0 Å². The minimum Gasteiger partial charge on any atom is -0.495 e. The summed E-state index contributed by atoms with van der Waals surface area (Å²) in [5.41, 5.74) is 14.9. The van der Waals surface area contributed by atoms with E-state index >= 15 is 0 Å². The van der Waals surface area contributed by atoms with Gasteiger partial charge in [0.1, 0.15) is 29.3 Å². The number of fused-ring (bicyclic) bond motifs is 1. The van der Waals surface area contributed by atoms with Gasteiger partial charge in [-0.2, -0.15) is 0 Å². The fraction of sp³-hybridized carbons (Fsp3) is 0.658. The molecule has 0 unspecified atom stereocenters. The summed E-state index contributed by atoms with van der Waals surface area (Å²) < 4.78 is 44.0. The third-order valence-corrected chi connectivity index (χ3v) is 9.32. The van der Waals surface area contributed by atoms with Gasteiger partial charge < -0.3 is 64.6 Å². The lowest BCUT2D eigenvalue weighted by atomic mass is 9.71. The molecule has 0 spiro atoms. The van der Waals surface area contributed by atoms with Gasteiger partial charge in [0.2, 0.25) is 0 Å². The zero-order valence-electron chi connectivity index (χ0n) is 32.1. The van der Waals surface area contributed by atoms with Crippen LogP contribution in [0.5, 0.6) is 5.75 Å². The lowest BCUT2D eigenvalue weighted by Crippen LogP contribution is -2.36. The van der Waals surface area contributed by atoms with Crippen molar-refractivity contribution in [3.63, 3.8) is 0 Å². The molecular weight excluding hydrogens is 696 g/mol. The van der Waals surface area contributed by atoms with Crippen LogP contribution in [0.1, 0.15) is 50.0 Å². The first-order chi connectivity index (χ1) is 26.5. The third-order valence-electron chi connectivity index (χ3n) is 9.32. The van der Waals surface area contributed by atoms with E-state index in [9.17, 15) is 0 Å². The topological polar surface area (TPSA) is 219 Å². The number of hydrogen-bond donors (Lipinski definition) is 6. The first kappa shape index (κ1) is 43.3. The number of hydrogen-bond acceptors (Lipinski definition) is 12. The van der Waals surface area contributed by atoms with Gasteiger partial charge in [-0.15, -0.1) is 0 Å². The quantitative estimate of drug-likeness (QED) is 0.0328. The van der Waals surface area contributed by atoms with Crippen LogP contribution in [0.2, 0.25) is 0 Å². The Morgan fingerprint density at radius 1 is 0.870 bits per heavy atom. The summed E-state index contributed by atoms with van der Waals surface area (Å²) in [5, 5.41) is 12.1. The number of aliphatic imine (C=N–C) groups is 1. The van der Waals surface area contributed by atoms with E-state index in [1.165, 1.54) is 0 Å². The number of nitrogens with zero attached hydrogens (tertiary/aromatic N) is 2. The zero-order chi connectivity index (χ0) is 38.3. The molecule has 1 fully saturated rings. The smallest absolute Gasteiger partial charge is 0.151 e. The average Bonchev–Trinajstić information content (AvgIpc) is 3.82. The summed E-state index contributed by atoms with van der Waals surface area (Å²) in [5.74, 6) is 2.16. The van der Waals surface area contributed by atoms with Crippen LogP contribution < -0.4 is 21.5 Å². The number of H-pyrrole nitrogens is 2. The number of rotatable bonds is 30. The van der Waals surface area contributed by atoms with Crippen molar-refractivity contribution >= 4 is 23.1 Å². The monoisotopic (exact) mass is 758 g/mol. The highest BCUT2D eigenvalue weighted by atomic mass is 16.6. The van der Waals surface area contributed by atoms with E-state index in [2.05, 4.69) is 27.2 Å². The molecule has 16 nitrogen and oxygen atoms in total. The summed E-state index contributed by atoms with van der Waals surface area (Å²) >= 11 is 0. The standard InChI is InChI=1S/C38H62N8O8/c1-38(27-42-11-13-49-15-17-51-19-21-53-23-25-54-24-22-52-20-18-50-16-14-48-12-10-39)8-6-29(7-9-38)37-45-34(35(46-37)36(41)43-28-40)31-26-30-4-3-5-32(47-2)33(30)44-31/h3-5,26,28-29,42,44H,6-25,27,39H2,1-2H3,(H,45,46)(H3,40,41,43)/t29-,38+. The molecule has 0 atom stereocenters. The van der Waals surface area contributed by atoms with Crippen molar-refractivity contribution in [1.82, 2.24) is 20.3 Å². The first-order valence-electron chi connectivity index (χ1n) is 19.0. The van der Waals surface area contributed by atoms with Gasteiger partial charge in [0, 0.05) is 30.9 Å². The van der Waals surface area contributed by atoms with Crippen molar-refractivity contribution < 1.29 is 37.9 Å². The number of imidazole rings is 1. The number of nitrogens with two attached hydrogens (primary N) is 2. The van der Waals surface area contributed by atoms with Crippen molar-refractivity contribution in [2.45, 2.75) is 38.5 Å². The molecule has 1 aromatic carbocycles. The zero-order valence-corrected chi connectivity index (χ0v) is 32.1. The van der Waals surface area contributed by atoms with Gasteiger partial charge in [0.15, 0.2) is 5.84 Å². The number of methoxy groups -OCH3 is 1. The van der Waals surface area contributed by atoms with Crippen molar-refractivity contribution in [1.29, 1.82) is 5.41 Å². The molecule has 8 N–H and O–H groups in total. The van der Waals surface area contributed by atoms with Crippen LogP contribution in [0.15, 0.2) is 29.3 Å². The number of amidine groups is 1. The van der Waals surface area contributed by atoms with Crippen LogP contribution in [0.4, 0.5) is 0 Å². The van der Waals surface area contributed by atoms with Crippen LogP contribution in [0.25, 0.3) is 22.3 Å². The molecule has 0 aliphatic heterocycles. The number of aromatic nitrogens is 3. The van der Waals surface area contributed by atoms with Gasteiger partial charge in [-0.3, -0.25) is 5.41 Å². The van der Waals surface area contributed by atoms with E-state index in [-0.39, 0.29) is 17.2 Å². The molecule has 2 aromatic heterocycles. The largest absolute Gasteiger partial charge is 0.495 e. The van der Waals surface area contributed by atoms with Crippen LogP contribution in [0.3, 0.4) is 0 Å². The number of benzene rings is 1. The van der Waals surface area contributed by atoms with Gasteiger partial charge in [-0.25, -0.2) is 9.98 Å². The molecule has 1 aliphatic rings. The highest BCUT2D eigenvalue weighted by Gasteiger charge is 2.33. The van der Waals surface area contributed by atoms with E-state index < -0.39 is 0 Å². The summed E-state index contributed by atoms with van der Waals surface area (Å²) in [4.78, 5) is 16.0. The number of nitrogens with one attached hydrogen (secondary N) is 4. The van der Waals surface area contributed by atoms with Crippen molar-refractivity contribution in [3.05, 3.63) is 35.8 Å². The van der Waals surface area contributed by atoms with E-state index in [4.69, 9.17) is 59.8 Å². The molecule has 0 radical (unpaired) electrons. The molecule has 16 heteroatoms. The number of ether oxygens (including phenoxy) is 8. The van der Waals surface area contributed by atoms with Crippen LogP contribution in [-0.2, 0) is 33.2 Å². The Bertz CT molecular complexity index is 1510. The van der Waals surface area contributed by atoms with E-state index in [0.29, 0.717) is 110 Å². The lowest BCUT2D eigenvalue weighted by molar-refractivity contribution is -0.0202. The molecule has 0 amide bonds. The Kier molecular flexibility index (Phi) is 19.9. The van der Waals surface area contributed by atoms with Crippen LogP contribution in [-0.4, -0.2) is 146 Å². The third kappa shape index (κ3) is 14.7. The molecule has 0 bridgehead atoms. The van der Waals surface area contributed by atoms with E-state index in [1.807, 2.05) is 24.3 Å². The van der Waals surface area contributed by atoms with Crippen LogP contribution >= 0.6 is 0 Å². The molecule has 4 rings (SSSR count). The molecule has 1 aliphatic carbocycles. The van der Waals surface area contributed by atoms with Gasteiger partial charge in [0.05, 0.1) is 111 Å². The Hall–Kier alpha value is -3.45. The summed E-state index contributed by atoms with van der Waals surface area (Å²) in [6.07, 6.45) is 5.12. The highest BCUT2D eigenvalue weighted by Crippen LogP contribution is 2.42. The molecular formula is C38H62N8O8. The van der Waals surface area contributed by atoms with E-state index in [1.54, 1.807) is 7.11 Å². The Morgan fingerprint density at radius 3 is 1.96 bits per heavy atom. The van der Waals surface area contributed by atoms with Gasteiger partial charge in [-0.1, -0.05) is 19.1 Å². The maximum Gasteiger partial charge on any atom is 0.151 e. The summed E-state index contributed by atoms with van der Waals surface area (Å²) in [6.45, 7) is 12.1. The minimum atomic E-state index is 0.196. The Morgan fingerprint density at radius 2 is 1.43 bits per heavy atom. The SMILES string of the molecule is COc1cccc2cc(-c3nc([C@H]4CC[C@@](C)(CNCCOCCOCCOCCOCCOCCOCCOCCN)CC4)[nH]c3/C(N)=N\C=N)[nH]c12. The molecule has 302 valence electrons. The van der Waals surface area contributed by atoms with Gasteiger partial charge >= 0.3 is 0 Å². The molecule has 3 aromatic rings. The van der Waals surface area contributed by atoms with Crippen molar-refractivity contribution in [2.75, 3.05) is 119 Å². The molecule has 1 saturated carbocycles. The number of aromatic amines is 2. The Labute approximate surface area is 318 Å². The predicted octanol–water partition coefficient (Wildman–Crippen LogP) is 3.21. The molecule has 0 saturated heterocycles. The minimum absolute atomic E-state index is 0.196. The fourth-order valence-electron chi connectivity index (χ4n) is 6.33. The molecule has 2 heterocycles. The number of para-hydroxylation sites is 1. The lowest BCUT2D eigenvalue weighted by Gasteiger charge is -2.37. The maximum absolute atomic E-state index is 7.45. The maximum atomic E-state index is 7.45. The second kappa shape index (κ2) is 24.9. The van der Waals surface area contributed by atoms with Crippen molar-refractivity contribution in [2.24, 2.45) is 21.9 Å². The van der Waals surface area contributed by atoms with Crippen molar-refractivity contribution in [3.8, 4) is 17.1 Å². The van der Waals surface area contributed by atoms with Crippen LogP contribution in [0, 0.1) is 10.8 Å². The van der Waals surface area contributed by atoms with E-state index in [0.717, 1.165) is 73.3 Å². The fourth-order valence-corrected chi connectivity index (χ4v) is 6.33. The second-order valence-corrected chi connectivity index (χ2v) is 13.4. The normalized spacial score (nSPS) is 17.8. The molecule has 54 heavy (non-hydrogen) atoms.